The highest BCUT2D eigenvalue weighted by Crippen LogP contribution is 1.99. The second kappa shape index (κ2) is 8.96. The predicted octanol–water partition coefficient (Wildman–Crippen LogP) is 1.22. The van der Waals surface area contributed by atoms with Gasteiger partial charge in [0, 0.05) is 19.7 Å². The van der Waals surface area contributed by atoms with Gasteiger partial charge in [0.05, 0.1) is 18.1 Å². The molecule has 0 aromatic carbocycles. The molecule has 0 rings (SSSR count). The average molecular weight is 251 g/mol. The number of nitrogens with one attached hydrogen (secondary N) is 1. The Morgan fingerprint density at radius 1 is 1.25 bits per heavy atom. The summed E-state index contributed by atoms with van der Waals surface area (Å²) in [6, 6.07) is 0.204. The minimum absolute atomic E-state index is 0.204. The molecule has 0 bridgehead atoms. The molecule has 0 saturated heterocycles. The van der Waals surface area contributed by atoms with Gasteiger partial charge in [-0.1, -0.05) is 19.8 Å². The fourth-order valence-corrected chi connectivity index (χ4v) is 2.72. The zero-order valence-electron chi connectivity index (χ0n) is 10.7. The Hall–Kier alpha value is -0.130. The van der Waals surface area contributed by atoms with Gasteiger partial charge in [0.2, 0.25) is 0 Å². The SMILES string of the molecule is CCCCCS(=O)(=O)CCNC(C)COC. The maximum atomic E-state index is 11.6. The third kappa shape index (κ3) is 9.12. The normalized spacial score (nSPS) is 13.9. The average Bonchev–Trinajstić information content (AvgIpc) is 2.18. The predicted molar refractivity (Wildman–Crippen MR) is 67.5 cm³/mol. The van der Waals surface area contributed by atoms with Gasteiger partial charge >= 0.3 is 0 Å². The first-order chi connectivity index (χ1) is 7.52. The number of hydrogen-bond acceptors (Lipinski definition) is 4. The molecule has 0 aromatic heterocycles. The Bertz CT molecular complexity index is 252. The van der Waals surface area contributed by atoms with Crippen molar-refractivity contribution >= 4 is 9.84 Å². The molecular formula is C11H25NO3S. The van der Waals surface area contributed by atoms with Gasteiger partial charge in [-0.3, -0.25) is 0 Å². The van der Waals surface area contributed by atoms with Crippen LogP contribution in [-0.2, 0) is 14.6 Å². The Morgan fingerprint density at radius 2 is 1.94 bits per heavy atom. The Kier molecular flexibility index (Phi) is 8.89. The lowest BCUT2D eigenvalue weighted by Gasteiger charge is -2.12. The molecule has 0 fully saturated rings. The summed E-state index contributed by atoms with van der Waals surface area (Å²) in [5.74, 6) is 0.548. The number of unbranched alkanes of at least 4 members (excludes halogenated alkanes) is 2. The largest absolute Gasteiger partial charge is 0.383 e. The summed E-state index contributed by atoms with van der Waals surface area (Å²) in [6.07, 6.45) is 2.83. The van der Waals surface area contributed by atoms with E-state index in [2.05, 4.69) is 12.2 Å². The maximum absolute atomic E-state index is 11.6. The molecule has 0 heterocycles. The van der Waals surface area contributed by atoms with E-state index in [1.807, 2.05) is 6.92 Å². The molecule has 4 nitrogen and oxygen atoms in total. The van der Waals surface area contributed by atoms with Crippen LogP contribution in [0, 0.1) is 0 Å². The van der Waals surface area contributed by atoms with E-state index in [4.69, 9.17) is 4.74 Å². The topological polar surface area (TPSA) is 55.4 Å². The molecule has 0 saturated carbocycles. The van der Waals surface area contributed by atoms with Crippen molar-refractivity contribution in [2.75, 3.05) is 31.8 Å². The molecule has 16 heavy (non-hydrogen) atoms. The van der Waals surface area contributed by atoms with E-state index < -0.39 is 9.84 Å². The zero-order chi connectivity index (χ0) is 12.4. The molecule has 0 aliphatic rings. The minimum Gasteiger partial charge on any atom is -0.383 e. The highest BCUT2D eigenvalue weighted by Gasteiger charge is 2.10. The van der Waals surface area contributed by atoms with Gasteiger partial charge in [0.25, 0.3) is 0 Å². The van der Waals surface area contributed by atoms with Crippen molar-refractivity contribution in [2.24, 2.45) is 0 Å². The molecule has 0 aliphatic carbocycles. The molecule has 0 aliphatic heterocycles. The number of hydrogen-bond donors (Lipinski definition) is 1. The first-order valence-electron chi connectivity index (χ1n) is 5.94. The summed E-state index contributed by atoms with van der Waals surface area (Å²) < 4.78 is 28.1. The van der Waals surface area contributed by atoms with E-state index in [0.29, 0.717) is 18.9 Å². The number of rotatable bonds is 10. The monoisotopic (exact) mass is 251 g/mol. The zero-order valence-corrected chi connectivity index (χ0v) is 11.5. The third-order valence-corrected chi connectivity index (χ3v) is 4.12. The molecular weight excluding hydrogens is 226 g/mol. The van der Waals surface area contributed by atoms with Crippen LogP contribution in [0.1, 0.15) is 33.1 Å². The molecule has 0 spiro atoms. The lowest BCUT2D eigenvalue weighted by atomic mass is 10.3. The molecule has 0 amide bonds. The standard InChI is InChI=1S/C11H25NO3S/c1-4-5-6-8-16(13,14)9-7-12-11(2)10-15-3/h11-12H,4-10H2,1-3H3. The van der Waals surface area contributed by atoms with Crippen LogP contribution in [-0.4, -0.2) is 46.2 Å². The first kappa shape index (κ1) is 15.9. The fraction of sp³-hybridized carbons (Fsp3) is 1.00. The summed E-state index contributed by atoms with van der Waals surface area (Å²) in [6.45, 7) is 5.17. The van der Waals surface area contributed by atoms with Crippen molar-refractivity contribution in [1.29, 1.82) is 0 Å². The van der Waals surface area contributed by atoms with Crippen molar-refractivity contribution in [3.8, 4) is 0 Å². The maximum Gasteiger partial charge on any atom is 0.151 e. The van der Waals surface area contributed by atoms with Crippen LogP contribution in [0.5, 0.6) is 0 Å². The fourth-order valence-electron chi connectivity index (χ4n) is 1.44. The Labute approximate surface area is 99.7 Å². The molecule has 0 radical (unpaired) electrons. The molecule has 5 heteroatoms. The Morgan fingerprint density at radius 3 is 2.50 bits per heavy atom. The molecule has 1 N–H and O–H groups in total. The first-order valence-corrected chi connectivity index (χ1v) is 7.76. The van der Waals surface area contributed by atoms with E-state index >= 15 is 0 Å². The van der Waals surface area contributed by atoms with Gasteiger partial charge in [-0.15, -0.1) is 0 Å². The van der Waals surface area contributed by atoms with Crippen molar-refractivity contribution in [3.05, 3.63) is 0 Å². The van der Waals surface area contributed by atoms with Crippen LogP contribution in [0.4, 0.5) is 0 Å². The van der Waals surface area contributed by atoms with E-state index in [-0.39, 0.29) is 11.8 Å². The summed E-state index contributed by atoms with van der Waals surface area (Å²) in [7, 11) is -1.23. The molecule has 0 aromatic rings. The van der Waals surface area contributed by atoms with Gasteiger partial charge < -0.3 is 10.1 Å². The minimum atomic E-state index is -2.87. The van der Waals surface area contributed by atoms with Crippen LogP contribution < -0.4 is 5.32 Å². The number of methoxy groups -OCH3 is 1. The van der Waals surface area contributed by atoms with Crippen molar-refractivity contribution in [2.45, 2.75) is 39.2 Å². The van der Waals surface area contributed by atoms with Crippen LogP contribution in [0.2, 0.25) is 0 Å². The van der Waals surface area contributed by atoms with Gasteiger partial charge in [-0.2, -0.15) is 0 Å². The van der Waals surface area contributed by atoms with Crippen LogP contribution in [0.3, 0.4) is 0 Å². The summed E-state index contributed by atoms with van der Waals surface area (Å²) >= 11 is 0. The Balaban J connectivity index is 3.65. The van der Waals surface area contributed by atoms with E-state index in [1.54, 1.807) is 7.11 Å². The van der Waals surface area contributed by atoms with Crippen molar-refractivity contribution < 1.29 is 13.2 Å². The summed E-state index contributed by atoms with van der Waals surface area (Å²) in [4.78, 5) is 0. The van der Waals surface area contributed by atoms with Gasteiger partial charge in [-0.25, -0.2) is 8.42 Å². The lowest BCUT2D eigenvalue weighted by Crippen LogP contribution is -2.34. The van der Waals surface area contributed by atoms with Gasteiger partial charge in [0.15, 0.2) is 9.84 Å². The van der Waals surface area contributed by atoms with E-state index in [9.17, 15) is 8.42 Å². The van der Waals surface area contributed by atoms with E-state index in [1.165, 1.54) is 0 Å². The number of sulfone groups is 1. The summed E-state index contributed by atoms with van der Waals surface area (Å²) in [5, 5.41) is 3.13. The van der Waals surface area contributed by atoms with Crippen molar-refractivity contribution in [1.82, 2.24) is 5.32 Å². The van der Waals surface area contributed by atoms with Gasteiger partial charge in [-0.05, 0) is 13.3 Å². The van der Waals surface area contributed by atoms with Crippen molar-refractivity contribution in [3.63, 3.8) is 0 Å². The third-order valence-electron chi connectivity index (χ3n) is 2.38. The lowest BCUT2D eigenvalue weighted by molar-refractivity contribution is 0.173. The molecule has 1 unspecified atom stereocenters. The van der Waals surface area contributed by atoms with Gasteiger partial charge in [0.1, 0.15) is 0 Å². The molecule has 98 valence electrons. The van der Waals surface area contributed by atoms with Crippen LogP contribution >= 0.6 is 0 Å². The highest BCUT2D eigenvalue weighted by atomic mass is 32.2. The van der Waals surface area contributed by atoms with E-state index in [0.717, 1.165) is 19.3 Å². The molecule has 1 atom stereocenters. The second-order valence-electron chi connectivity index (χ2n) is 4.17. The summed E-state index contributed by atoms with van der Waals surface area (Å²) in [5.41, 5.74) is 0. The van der Waals surface area contributed by atoms with Crippen LogP contribution in [0.25, 0.3) is 0 Å². The number of ether oxygens (including phenoxy) is 1. The second-order valence-corrected chi connectivity index (χ2v) is 6.47. The quantitative estimate of drug-likeness (QED) is 0.593. The highest BCUT2D eigenvalue weighted by molar-refractivity contribution is 7.91. The smallest absolute Gasteiger partial charge is 0.151 e. The van der Waals surface area contributed by atoms with Crippen LogP contribution in [0.15, 0.2) is 0 Å².